The normalized spacial score (nSPS) is 27.3. The number of benzene rings is 1. The van der Waals surface area contributed by atoms with E-state index < -0.39 is 0 Å². The van der Waals surface area contributed by atoms with Gasteiger partial charge in [-0.05, 0) is 98.5 Å². The smallest absolute Gasteiger partial charge is 0.0162 e. The van der Waals surface area contributed by atoms with Crippen LogP contribution in [0.4, 0.5) is 0 Å². The van der Waals surface area contributed by atoms with Gasteiger partial charge in [0.2, 0.25) is 0 Å². The summed E-state index contributed by atoms with van der Waals surface area (Å²) in [4.78, 5) is 0. The van der Waals surface area contributed by atoms with E-state index in [1.807, 2.05) is 0 Å². The first kappa shape index (κ1) is 25.8. The molecule has 0 heterocycles. The van der Waals surface area contributed by atoms with Crippen molar-refractivity contribution < 1.29 is 0 Å². The zero-order valence-corrected chi connectivity index (χ0v) is 21.9. The van der Waals surface area contributed by atoms with Gasteiger partial charge in [-0.1, -0.05) is 103 Å². The molecule has 0 spiro atoms. The van der Waals surface area contributed by atoms with Crippen LogP contribution in [0, 0.1) is 17.8 Å². The van der Waals surface area contributed by atoms with Gasteiger partial charge in [0.05, 0.1) is 0 Å². The van der Waals surface area contributed by atoms with Crippen molar-refractivity contribution in [3.05, 3.63) is 35.4 Å². The Morgan fingerprint density at radius 3 is 1.66 bits per heavy atom. The molecule has 3 rings (SSSR count). The highest BCUT2D eigenvalue weighted by atomic mass is 14.3. The first-order chi connectivity index (χ1) is 15.7. The van der Waals surface area contributed by atoms with E-state index in [0.717, 1.165) is 29.6 Å². The summed E-state index contributed by atoms with van der Waals surface area (Å²) in [6.07, 6.45) is 26.0. The Labute approximate surface area is 201 Å². The summed E-state index contributed by atoms with van der Waals surface area (Å²) < 4.78 is 0. The van der Waals surface area contributed by atoms with E-state index in [0.29, 0.717) is 0 Å². The van der Waals surface area contributed by atoms with Crippen LogP contribution in [0.3, 0.4) is 0 Å². The average Bonchev–Trinajstić information content (AvgIpc) is 2.85. The van der Waals surface area contributed by atoms with Gasteiger partial charge >= 0.3 is 0 Å². The van der Waals surface area contributed by atoms with Crippen LogP contribution in [0.25, 0.3) is 0 Å². The summed E-state index contributed by atoms with van der Waals surface area (Å²) >= 11 is 0. The third-order valence-electron chi connectivity index (χ3n) is 9.25. The first-order valence-electron chi connectivity index (χ1n) is 14.8. The van der Waals surface area contributed by atoms with Crippen LogP contribution in [-0.2, 0) is 0 Å². The molecule has 1 unspecified atom stereocenters. The fourth-order valence-corrected chi connectivity index (χ4v) is 6.87. The number of rotatable bonds is 13. The fraction of sp³-hybridized carbons (Fsp3) is 0.812. The summed E-state index contributed by atoms with van der Waals surface area (Å²) in [5.41, 5.74) is 3.27. The maximum absolute atomic E-state index is 2.51. The molecular weight excluding hydrogens is 384 g/mol. The Hall–Kier alpha value is -0.780. The van der Waals surface area contributed by atoms with E-state index in [1.165, 1.54) is 116 Å². The summed E-state index contributed by atoms with van der Waals surface area (Å²) in [6, 6.07) is 10.0. The lowest BCUT2D eigenvalue weighted by atomic mass is 9.74. The van der Waals surface area contributed by atoms with E-state index in [2.05, 4.69) is 45.0 Å². The number of hydrogen-bond donors (Lipinski definition) is 0. The van der Waals surface area contributed by atoms with Crippen LogP contribution in [0.1, 0.15) is 159 Å². The second-order valence-corrected chi connectivity index (χ2v) is 11.6. The van der Waals surface area contributed by atoms with Gasteiger partial charge in [-0.15, -0.1) is 0 Å². The molecule has 0 heteroatoms. The molecule has 2 fully saturated rings. The maximum Gasteiger partial charge on any atom is -0.0162 e. The maximum atomic E-state index is 2.51. The highest BCUT2D eigenvalue weighted by molar-refractivity contribution is 5.28. The molecule has 0 radical (unpaired) electrons. The molecule has 1 aromatic rings. The largest absolute Gasteiger partial charge is 0.0654 e. The standard InChI is InChI=1S/C32H54/c1-4-7-9-10-12-27-13-17-29(18-14-27)31-21-23-32(24-22-31)30-19-15-28(16-20-30)25-26(6-3)11-8-5-2/h21-24,26-30H,4-20,25H2,1-3H3. The van der Waals surface area contributed by atoms with E-state index in [1.54, 1.807) is 11.1 Å². The fourth-order valence-electron chi connectivity index (χ4n) is 6.87. The molecule has 1 aromatic carbocycles. The van der Waals surface area contributed by atoms with Crippen molar-refractivity contribution in [1.29, 1.82) is 0 Å². The molecule has 2 aliphatic carbocycles. The topological polar surface area (TPSA) is 0 Å². The highest BCUT2D eigenvalue weighted by Gasteiger charge is 2.25. The van der Waals surface area contributed by atoms with Crippen molar-refractivity contribution in [3.63, 3.8) is 0 Å². The van der Waals surface area contributed by atoms with Gasteiger partial charge in [0.15, 0.2) is 0 Å². The average molecular weight is 439 g/mol. The zero-order chi connectivity index (χ0) is 22.6. The molecule has 182 valence electrons. The minimum absolute atomic E-state index is 0.829. The molecule has 0 aromatic heterocycles. The molecule has 0 N–H and O–H groups in total. The van der Waals surface area contributed by atoms with Crippen molar-refractivity contribution in [3.8, 4) is 0 Å². The molecule has 1 atom stereocenters. The lowest BCUT2D eigenvalue weighted by Crippen LogP contribution is -2.17. The molecule has 0 amide bonds. The van der Waals surface area contributed by atoms with Gasteiger partial charge in [0.25, 0.3) is 0 Å². The van der Waals surface area contributed by atoms with Crippen LogP contribution in [0.5, 0.6) is 0 Å². The van der Waals surface area contributed by atoms with Crippen molar-refractivity contribution >= 4 is 0 Å². The number of hydrogen-bond acceptors (Lipinski definition) is 0. The molecule has 2 aliphatic rings. The van der Waals surface area contributed by atoms with Crippen LogP contribution >= 0.6 is 0 Å². The van der Waals surface area contributed by atoms with Crippen molar-refractivity contribution in [2.75, 3.05) is 0 Å². The Bertz CT molecular complexity index is 583. The molecule has 0 saturated heterocycles. The van der Waals surface area contributed by atoms with Gasteiger partial charge in [-0.3, -0.25) is 0 Å². The summed E-state index contributed by atoms with van der Waals surface area (Å²) in [7, 11) is 0. The Kier molecular flexibility index (Phi) is 11.7. The van der Waals surface area contributed by atoms with Crippen LogP contribution in [-0.4, -0.2) is 0 Å². The van der Waals surface area contributed by atoms with Crippen molar-refractivity contribution in [2.45, 2.75) is 148 Å². The molecule has 0 nitrogen and oxygen atoms in total. The van der Waals surface area contributed by atoms with Crippen molar-refractivity contribution in [1.82, 2.24) is 0 Å². The second-order valence-electron chi connectivity index (χ2n) is 11.6. The predicted octanol–water partition coefficient (Wildman–Crippen LogP) is 10.8. The minimum Gasteiger partial charge on any atom is -0.0654 e. The van der Waals surface area contributed by atoms with E-state index in [4.69, 9.17) is 0 Å². The lowest BCUT2D eigenvalue weighted by molar-refractivity contribution is 0.255. The van der Waals surface area contributed by atoms with Gasteiger partial charge in [-0.2, -0.15) is 0 Å². The van der Waals surface area contributed by atoms with Gasteiger partial charge < -0.3 is 0 Å². The van der Waals surface area contributed by atoms with Gasteiger partial charge in [0, 0.05) is 0 Å². The Balaban J connectivity index is 1.39. The van der Waals surface area contributed by atoms with E-state index in [9.17, 15) is 0 Å². The zero-order valence-electron chi connectivity index (χ0n) is 21.9. The van der Waals surface area contributed by atoms with E-state index in [-0.39, 0.29) is 0 Å². The Morgan fingerprint density at radius 1 is 0.625 bits per heavy atom. The highest BCUT2D eigenvalue weighted by Crippen LogP contribution is 2.41. The summed E-state index contributed by atoms with van der Waals surface area (Å²) in [5.74, 6) is 4.68. The lowest BCUT2D eigenvalue weighted by Gasteiger charge is -2.32. The van der Waals surface area contributed by atoms with Crippen LogP contribution in [0.2, 0.25) is 0 Å². The van der Waals surface area contributed by atoms with Gasteiger partial charge in [-0.25, -0.2) is 0 Å². The Morgan fingerprint density at radius 2 is 1.16 bits per heavy atom. The molecule has 2 saturated carbocycles. The summed E-state index contributed by atoms with van der Waals surface area (Å²) in [6.45, 7) is 7.07. The molecule has 0 bridgehead atoms. The molecular formula is C32H54. The molecule has 0 aliphatic heterocycles. The molecule has 32 heavy (non-hydrogen) atoms. The third kappa shape index (κ3) is 8.22. The summed E-state index contributed by atoms with van der Waals surface area (Å²) in [5, 5.41) is 0. The second kappa shape index (κ2) is 14.5. The van der Waals surface area contributed by atoms with Crippen LogP contribution in [0.15, 0.2) is 24.3 Å². The quantitative estimate of drug-likeness (QED) is 0.269. The van der Waals surface area contributed by atoms with E-state index >= 15 is 0 Å². The first-order valence-corrected chi connectivity index (χ1v) is 14.8. The van der Waals surface area contributed by atoms with Crippen LogP contribution < -0.4 is 0 Å². The monoisotopic (exact) mass is 438 g/mol. The minimum atomic E-state index is 0.829. The number of unbranched alkanes of at least 4 members (excludes halogenated alkanes) is 4. The van der Waals surface area contributed by atoms with Gasteiger partial charge in [0.1, 0.15) is 0 Å². The third-order valence-corrected chi connectivity index (χ3v) is 9.25. The predicted molar refractivity (Wildman–Crippen MR) is 143 cm³/mol. The van der Waals surface area contributed by atoms with Crippen molar-refractivity contribution in [2.24, 2.45) is 17.8 Å². The SMILES string of the molecule is CCCCCCC1CCC(c2ccc(C3CCC(CC(CC)CCCC)CC3)cc2)CC1.